The van der Waals surface area contributed by atoms with Crippen molar-refractivity contribution in [2.75, 3.05) is 10.0 Å². The van der Waals surface area contributed by atoms with Gasteiger partial charge in [-0.3, -0.25) is 9.52 Å². The van der Waals surface area contributed by atoms with E-state index in [0.29, 0.717) is 5.69 Å². The van der Waals surface area contributed by atoms with E-state index in [9.17, 15) is 13.2 Å². The average molecular weight is 350 g/mol. The van der Waals surface area contributed by atoms with E-state index in [1.165, 1.54) is 49.4 Å². The first-order valence-electron chi connectivity index (χ1n) is 6.42. The Hall–Kier alpha value is -2.56. The maximum atomic E-state index is 12.3. The number of carbonyl (C=O) groups excluding carboxylic acids is 1. The highest BCUT2D eigenvalue weighted by molar-refractivity contribution is 7.92. The summed E-state index contributed by atoms with van der Waals surface area (Å²) >= 11 is 5.88. The fraction of sp³-hybridized carbons (Fsp3) is 0.0667. The number of sulfonamides is 1. The van der Waals surface area contributed by atoms with Crippen LogP contribution in [0, 0.1) is 11.3 Å². The summed E-state index contributed by atoms with van der Waals surface area (Å²) in [4.78, 5) is 11.0. The summed E-state index contributed by atoms with van der Waals surface area (Å²) in [5.74, 6) is -0.244. The quantitative estimate of drug-likeness (QED) is 0.886. The lowest BCUT2D eigenvalue weighted by Crippen LogP contribution is -2.13. The average Bonchev–Trinajstić information content (AvgIpc) is 2.47. The van der Waals surface area contributed by atoms with Crippen LogP contribution < -0.4 is 10.0 Å². The Kier molecular flexibility index (Phi) is 4.89. The zero-order chi connectivity index (χ0) is 17.0. The SMILES string of the molecule is CC(=O)Nc1ccc(S(=O)(=O)Nc2ccc(C#N)c(Cl)c2)cc1. The number of hydrogen-bond donors (Lipinski definition) is 2. The minimum atomic E-state index is -3.80. The van der Waals surface area contributed by atoms with E-state index in [1.54, 1.807) is 0 Å². The molecule has 0 saturated carbocycles. The van der Waals surface area contributed by atoms with Crippen molar-refractivity contribution in [1.29, 1.82) is 5.26 Å². The fourth-order valence-electron chi connectivity index (χ4n) is 1.80. The molecule has 0 radical (unpaired) electrons. The number of nitrogens with one attached hydrogen (secondary N) is 2. The van der Waals surface area contributed by atoms with Gasteiger partial charge < -0.3 is 5.32 Å². The molecule has 0 fully saturated rings. The molecule has 0 spiro atoms. The van der Waals surface area contributed by atoms with Crippen LogP contribution >= 0.6 is 11.6 Å². The molecule has 0 aliphatic carbocycles. The second kappa shape index (κ2) is 6.69. The Labute approximate surface area is 138 Å². The van der Waals surface area contributed by atoms with Crippen molar-refractivity contribution in [3.63, 3.8) is 0 Å². The van der Waals surface area contributed by atoms with Crippen LogP contribution in [0.5, 0.6) is 0 Å². The van der Waals surface area contributed by atoms with Gasteiger partial charge in [0.2, 0.25) is 5.91 Å². The van der Waals surface area contributed by atoms with Gasteiger partial charge in [-0.15, -0.1) is 0 Å². The summed E-state index contributed by atoms with van der Waals surface area (Å²) in [5.41, 5.74) is 1.01. The smallest absolute Gasteiger partial charge is 0.261 e. The molecule has 0 heterocycles. The largest absolute Gasteiger partial charge is 0.326 e. The summed E-state index contributed by atoms with van der Waals surface area (Å²) in [6.45, 7) is 1.36. The van der Waals surface area contributed by atoms with Crippen molar-refractivity contribution in [2.24, 2.45) is 0 Å². The Morgan fingerprint density at radius 1 is 1.13 bits per heavy atom. The van der Waals surface area contributed by atoms with Gasteiger partial charge in [0.1, 0.15) is 6.07 Å². The lowest BCUT2D eigenvalue weighted by atomic mass is 10.2. The second-order valence-corrected chi connectivity index (χ2v) is 6.71. The van der Waals surface area contributed by atoms with Crippen LogP contribution in [0.3, 0.4) is 0 Å². The molecule has 8 heteroatoms. The van der Waals surface area contributed by atoms with E-state index >= 15 is 0 Å². The molecule has 1 amide bonds. The third-order valence-electron chi connectivity index (χ3n) is 2.83. The standard InChI is InChI=1S/C15H12ClN3O3S/c1-10(20)18-12-4-6-14(7-5-12)23(21,22)19-13-3-2-11(9-17)15(16)8-13/h2-8,19H,1H3,(H,18,20). The van der Waals surface area contributed by atoms with E-state index in [0.717, 1.165) is 0 Å². The van der Waals surface area contributed by atoms with Crippen LogP contribution in [0.1, 0.15) is 12.5 Å². The highest BCUT2D eigenvalue weighted by Crippen LogP contribution is 2.23. The van der Waals surface area contributed by atoms with Crippen molar-refractivity contribution < 1.29 is 13.2 Å². The highest BCUT2D eigenvalue weighted by atomic mass is 35.5. The normalized spacial score (nSPS) is 10.7. The molecule has 0 aliphatic rings. The number of nitrogens with zero attached hydrogens (tertiary/aromatic N) is 1. The second-order valence-electron chi connectivity index (χ2n) is 4.62. The summed E-state index contributed by atoms with van der Waals surface area (Å²) in [5, 5.41) is 11.5. The van der Waals surface area contributed by atoms with Gasteiger partial charge >= 0.3 is 0 Å². The van der Waals surface area contributed by atoms with Crippen LogP contribution in [0.2, 0.25) is 5.02 Å². The van der Waals surface area contributed by atoms with Crippen LogP contribution in [0.4, 0.5) is 11.4 Å². The van der Waals surface area contributed by atoms with E-state index in [4.69, 9.17) is 16.9 Å². The molecule has 0 unspecified atom stereocenters. The van der Waals surface area contributed by atoms with Gasteiger partial charge in [-0.2, -0.15) is 5.26 Å². The van der Waals surface area contributed by atoms with Crippen LogP contribution in [0.15, 0.2) is 47.4 Å². The number of hydrogen-bond acceptors (Lipinski definition) is 4. The molecule has 2 aromatic carbocycles. The Balaban J connectivity index is 2.23. The molecule has 2 rings (SSSR count). The van der Waals surface area contributed by atoms with Crippen LogP contribution in [-0.4, -0.2) is 14.3 Å². The molecule has 0 aromatic heterocycles. The molecule has 118 valence electrons. The topological polar surface area (TPSA) is 99.1 Å². The molecule has 0 atom stereocenters. The first-order chi connectivity index (χ1) is 10.8. The van der Waals surface area contributed by atoms with Crippen molar-refractivity contribution in [3.8, 4) is 6.07 Å². The molecular weight excluding hydrogens is 338 g/mol. The van der Waals surface area contributed by atoms with Gasteiger partial charge in [0.25, 0.3) is 10.0 Å². The minimum Gasteiger partial charge on any atom is -0.326 e. The lowest BCUT2D eigenvalue weighted by Gasteiger charge is -2.09. The lowest BCUT2D eigenvalue weighted by molar-refractivity contribution is -0.114. The van der Waals surface area contributed by atoms with Crippen molar-refractivity contribution in [2.45, 2.75) is 11.8 Å². The Bertz CT molecular complexity index is 887. The van der Waals surface area contributed by atoms with Gasteiger partial charge in [-0.25, -0.2) is 8.42 Å². The van der Waals surface area contributed by atoms with Gasteiger partial charge in [-0.05, 0) is 42.5 Å². The minimum absolute atomic E-state index is 0.0343. The number of rotatable bonds is 4. The number of carbonyl (C=O) groups is 1. The summed E-state index contributed by atoms with van der Waals surface area (Å²) in [6.07, 6.45) is 0. The van der Waals surface area contributed by atoms with Crippen LogP contribution in [0.25, 0.3) is 0 Å². The van der Waals surface area contributed by atoms with Crippen molar-refractivity contribution in [1.82, 2.24) is 0 Å². The molecule has 2 N–H and O–H groups in total. The molecule has 0 aliphatic heterocycles. The van der Waals surface area contributed by atoms with Gasteiger partial charge in [0.15, 0.2) is 0 Å². The maximum Gasteiger partial charge on any atom is 0.261 e. The fourth-order valence-corrected chi connectivity index (χ4v) is 3.08. The summed E-state index contributed by atoms with van der Waals surface area (Å²) < 4.78 is 27.0. The molecule has 0 saturated heterocycles. The number of anilines is 2. The van der Waals surface area contributed by atoms with E-state index in [-0.39, 0.29) is 27.1 Å². The zero-order valence-corrected chi connectivity index (χ0v) is 13.6. The van der Waals surface area contributed by atoms with E-state index in [2.05, 4.69) is 10.0 Å². The van der Waals surface area contributed by atoms with E-state index in [1.807, 2.05) is 6.07 Å². The molecule has 6 nitrogen and oxygen atoms in total. The van der Waals surface area contributed by atoms with Crippen molar-refractivity contribution >= 4 is 38.9 Å². The Morgan fingerprint density at radius 2 is 1.74 bits per heavy atom. The number of halogens is 1. The maximum absolute atomic E-state index is 12.3. The van der Waals surface area contributed by atoms with Crippen LogP contribution in [-0.2, 0) is 14.8 Å². The zero-order valence-electron chi connectivity index (χ0n) is 12.0. The predicted octanol–water partition coefficient (Wildman–Crippen LogP) is 2.97. The first kappa shape index (κ1) is 16.8. The number of amides is 1. The van der Waals surface area contributed by atoms with Gasteiger partial charge in [-0.1, -0.05) is 11.6 Å². The van der Waals surface area contributed by atoms with E-state index < -0.39 is 10.0 Å². The Morgan fingerprint density at radius 3 is 2.26 bits per heavy atom. The molecule has 23 heavy (non-hydrogen) atoms. The monoisotopic (exact) mass is 349 g/mol. The number of nitriles is 1. The third kappa shape index (κ3) is 4.22. The molecular formula is C15H12ClN3O3S. The first-order valence-corrected chi connectivity index (χ1v) is 8.28. The van der Waals surface area contributed by atoms with Crippen molar-refractivity contribution in [3.05, 3.63) is 53.1 Å². The summed E-state index contributed by atoms with van der Waals surface area (Å²) in [7, 11) is -3.80. The molecule has 2 aromatic rings. The van der Waals surface area contributed by atoms with Gasteiger partial charge in [0, 0.05) is 12.6 Å². The highest BCUT2D eigenvalue weighted by Gasteiger charge is 2.15. The third-order valence-corrected chi connectivity index (χ3v) is 4.54. The number of benzene rings is 2. The van der Waals surface area contributed by atoms with Gasteiger partial charge in [0.05, 0.1) is 21.2 Å². The molecule has 0 bridgehead atoms. The predicted molar refractivity (Wildman–Crippen MR) is 87.7 cm³/mol. The summed E-state index contributed by atoms with van der Waals surface area (Å²) in [6, 6.07) is 11.9.